The van der Waals surface area contributed by atoms with Crippen LogP contribution < -0.4 is 10.1 Å². The van der Waals surface area contributed by atoms with Crippen LogP contribution in [0.2, 0.25) is 0 Å². The monoisotopic (exact) mass is 257 g/mol. The highest BCUT2D eigenvalue weighted by atomic mass is 16.5. The van der Waals surface area contributed by atoms with Crippen LogP contribution in [-0.2, 0) is 6.54 Å². The fraction of sp³-hybridized carbons (Fsp3) is 0.375. The van der Waals surface area contributed by atoms with Gasteiger partial charge in [0.1, 0.15) is 17.3 Å². The highest BCUT2D eigenvalue weighted by Crippen LogP contribution is 2.30. The quantitative estimate of drug-likeness (QED) is 0.858. The lowest BCUT2D eigenvalue weighted by atomic mass is 10.1. The van der Waals surface area contributed by atoms with E-state index in [-0.39, 0.29) is 0 Å². The van der Waals surface area contributed by atoms with Gasteiger partial charge in [0.15, 0.2) is 0 Å². The number of nitrogens with one attached hydrogen (secondary N) is 1. The van der Waals surface area contributed by atoms with Crippen LogP contribution in [0.5, 0.6) is 5.75 Å². The van der Waals surface area contributed by atoms with Gasteiger partial charge in [-0.2, -0.15) is 0 Å². The maximum atomic E-state index is 5.83. The van der Waals surface area contributed by atoms with Gasteiger partial charge in [-0.15, -0.1) is 0 Å². The van der Waals surface area contributed by atoms with Crippen molar-refractivity contribution < 1.29 is 9.15 Å². The first-order valence-electron chi connectivity index (χ1n) is 6.91. The Morgan fingerprint density at radius 3 is 2.95 bits per heavy atom. The maximum absolute atomic E-state index is 5.83. The smallest absolute Gasteiger partial charge is 0.134 e. The Balaban J connectivity index is 1.74. The zero-order valence-corrected chi connectivity index (χ0v) is 11.2. The molecule has 0 saturated heterocycles. The van der Waals surface area contributed by atoms with E-state index in [1.54, 1.807) is 0 Å². The minimum Gasteiger partial charge on any atom is -0.490 e. The number of benzene rings is 1. The van der Waals surface area contributed by atoms with Crippen molar-refractivity contribution in [2.45, 2.75) is 32.4 Å². The Morgan fingerprint density at radius 2 is 2.16 bits per heavy atom. The highest BCUT2D eigenvalue weighted by Gasteiger charge is 2.23. The zero-order valence-electron chi connectivity index (χ0n) is 11.2. The number of furan rings is 1. The minimum absolute atomic E-state index is 0.427. The number of hydrogen-bond donors (Lipinski definition) is 1. The Bertz CT molecular complexity index is 543. The molecule has 0 amide bonds. The third-order valence-corrected chi connectivity index (χ3v) is 3.16. The van der Waals surface area contributed by atoms with Crippen LogP contribution in [0.3, 0.4) is 0 Å². The first kappa shape index (κ1) is 12.3. The first-order valence-corrected chi connectivity index (χ1v) is 6.91. The molecule has 0 radical (unpaired) electrons. The summed E-state index contributed by atoms with van der Waals surface area (Å²) >= 11 is 0. The largest absolute Gasteiger partial charge is 0.490 e. The lowest BCUT2D eigenvalue weighted by Gasteiger charge is -2.05. The van der Waals surface area contributed by atoms with Crippen molar-refractivity contribution in [2.24, 2.45) is 0 Å². The second-order valence-electron chi connectivity index (χ2n) is 4.89. The Labute approximate surface area is 113 Å². The summed E-state index contributed by atoms with van der Waals surface area (Å²) in [5, 5.41) is 3.26. The second kappa shape index (κ2) is 5.49. The van der Waals surface area contributed by atoms with Gasteiger partial charge in [-0.05, 0) is 43.7 Å². The number of hydrogen-bond acceptors (Lipinski definition) is 3. The van der Waals surface area contributed by atoms with Crippen molar-refractivity contribution in [2.75, 3.05) is 6.54 Å². The van der Waals surface area contributed by atoms with E-state index in [0.717, 1.165) is 35.9 Å². The lowest BCUT2D eigenvalue weighted by molar-refractivity contribution is 0.303. The van der Waals surface area contributed by atoms with E-state index in [0.29, 0.717) is 6.10 Å². The minimum atomic E-state index is 0.427. The molecule has 3 heteroatoms. The molecule has 0 bridgehead atoms. The highest BCUT2D eigenvalue weighted by molar-refractivity contribution is 5.59. The number of ether oxygens (including phenoxy) is 1. The summed E-state index contributed by atoms with van der Waals surface area (Å²) < 4.78 is 11.6. The Morgan fingerprint density at radius 1 is 1.26 bits per heavy atom. The standard InChI is InChI=1S/C16H19NO2/c1-2-17-11-15-8-9-16(19-15)12-4-3-5-14(10-12)18-13-6-7-13/h3-5,8-10,13,17H,2,6-7,11H2,1H3. The Kier molecular flexibility index (Phi) is 3.56. The molecule has 3 rings (SSSR count). The predicted octanol–water partition coefficient (Wildman–Crippen LogP) is 3.60. The van der Waals surface area contributed by atoms with E-state index in [9.17, 15) is 0 Å². The summed E-state index contributed by atoms with van der Waals surface area (Å²) in [7, 11) is 0. The third kappa shape index (κ3) is 3.18. The predicted molar refractivity (Wildman–Crippen MR) is 75.2 cm³/mol. The molecule has 0 unspecified atom stereocenters. The molecule has 2 aromatic rings. The molecule has 1 fully saturated rings. The maximum Gasteiger partial charge on any atom is 0.134 e. The van der Waals surface area contributed by atoms with Gasteiger partial charge < -0.3 is 14.5 Å². The number of rotatable bonds is 6. The third-order valence-electron chi connectivity index (χ3n) is 3.16. The summed E-state index contributed by atoms with van der Waals surface area (Å²) in [5.41, 5.74) is 1.07. The van der Waals surface area contributed by atoms with Crippen LogP contribution in [0, 0.1) is 0 Å². The summed E-state index contributed by atoms with van der Waals surface area (Å²) in [4.78, 5) is 0. The van der Waals surface area contributed by atoms with E-state index < -0.39 is 0 Å². The molecule has 100 valence electrons. The molecule has 1 aliphatic carbocycles. The molecule has 0 aliphatic heterocycles. The fourth-order valence-corrected chi connectivity index (χ4v) is 1.98. The SMILES string of the molecule is CCNCc1ccc(-c2cccc(OC3CC3)c2)o1. The van der Waals surface area contributed by atoms with Gasteiger partial charge in [-0.1, -0.05) is 19.1 Å². The van der Waals surface area contributed by atoms with Gasteiger partial charge >= 0.3 is 0 Å². The molecule has 1 N–H and O–H groups in total. The normalized spacial score (nSPS) is 14.6. The van der Waals surface area contributed by atoms with Crippen LogP contribution in [0.15, 0.2) is 40.8 Å². The average molecular weight is 257 g/mol. The van der Waals surface area contributed by atoms with Gasteiger partial charge in [0.2, 0.25) is 0 Å². The van der Waals surface area contributed by atoms with Crippen molar-refractivity contribution in [3.63, 3.8) is 0 Å². The second-order valence-corrected chi connectivity index (χ2v) is 4.89. The summed E-state index contributed by atoms with van der Waals surface area (Å²) in [6, 6.07) is 12.2. The van der Waals surface area contributed by atoms with Crippen LogP contribution in [-0.4, -0.2) is 12.6 Å². The zero-order chi connectivity index (χ0) is 13.1. The average Bonchev–Trinajstić information content (AvgIpc) is 3.11. The molecular formula is C16H19NO2. The van der Waals surface area contributed by atoms with Gasteiger partial charge in [0.05, 0.1) is 12.6 Å². The van der Waals surface area contributed by atoms with Gasteiger partial charge in [0, 0.05) is 5.56 Å². The molecular weight excluding hydrogens is 238 g/mol. The molecule has 3 nitrogen and oxygen atoms in total. The molecule has 1 aromatic heterocycles. The molecule has 1 aliphatic rings. The molecule has 1 aromatic carbocycles. The van der Waals surface area contributed by atoms with Crippen molar-refractivity contribution in [3.05, 3.63) is 42.2 Å². The van der Waals surface area contributed by atoms with Gasteiger partial charge in [-0.3, -0.25) is 0 Å². The first-order chi connectivity index (χ1) is 9.35. The van der Waals surface area contributed by atoms with Crippen molar-refractivity contribution in [1.29, 1.82) is 0 Å². The van der Waals surface area contributed by atoms with Crippen LogP contribution in [0.25, 0.3) is 11.3 Å². The molecule has 1 heterocycles. The van der Waals surface area contributed by atoms with Crippen LogP contribution >= 0.6 is 0 Å². The molecule has 19 heavy (non-hydrogen) atoms. The Hall–Kier alpha value is -1.74. The topological polar surface area (TPSA) is 34.4 Å². The summed E-state index contributed by atoms with van der Waals surface area (Å²) in [6.45, 7) is 3.80. The molecule has 0 atom stereocenters. The van der Waals surface area contributed by atoms with E-state index in [2.05, 4.69) is 18.3 Å². The van der Waals surface area contributed by atoms with Crippen LogP contribution in [0.4, 0.5) is 0 Å². The van der Waals surface area contributed by atoms with Crippen molar-refractivity contribution >= 4 is 0 Å². The summed E-state index contributed by atoms with van der Waals surface area (Å²) in [5.74, 6) is 2.80. The van der Waals surface area contributed by atoms with Gasteiger partial charge in [0.25, 0.3) is 0 Å². The van der Waals surface area contributed by atoms with Gasteiger partial charge in [-0.25, -0.2) is 0 Å². The van der Waals surface area contributed by atoms with E-state index in [1.165, 1.54) is 12.8 Å². The van der Waals surface area contributed by atoms with E-state index in [1.807, 2.05) is 30.3 Å². The summed E-state index contributed by atoms with van der Waals surface area (Å²) in [6.07, 6.45) is 2.78. The molecule has 0 spiro atoms. The van der Waals surface area contributed by atoms with E-state index in [4.69, 9.17) is 9.15 Å². The van der Waals surface area contributed by atoms with Crippen molar-refractivity contribution in [3.8, 4) is 17.1 Å². The molecule has 1 saturated carbocycles. The lowest BCUT2D eigenvalue weighted by Crippen LogP contribution is -2.10. The fourth-order valence-electron chi connectivity index (χ4n) is 1.98. The van der Waals surface area contributed by atoms with Crippen LogP contribution in [0.1, 0.15) is 25.5 Å². The van der Waals surface area contributed by atoms with Crippen molar-refractivity contribution in [1.82, 2.24) is 5.32 Å². The van der Waals surface area contributed by atoms with E-state index >= 15 is 0 Å².